The van der Waals surface area contributed by atoms with Gasteiger partial charge >= 0.3 is 0 Å². The van der Waals surface area contributed by atoms with Gasteiger partial charge in [0.15, 0.2) is 0 Å². The average molecular weight is 1300 g/mol. The lowest BCUT2D eigenvalue weighted by atomic mass is 9.91. The molecule has 8 heteroatoms. The number of aromatic nitrogens is 4. The summed E-state index contributed by atoms with van der Waals surface area (Å²) >= 11 is 0. The zero-order valence-electron chi connectivity index (χ0n) is 55.8. The lowest BCUT2D eigenvalue weighted by molar-refractivity contribution is 0.151. The van der Waals surface area contributed by atoms with Gasteiger partial charge in [-0.05, 0) is 234 Å². The fraction of sp³-hybridized carbons (Fsp3) is 0.174. The van der Waals surface area contributed by atoms with Crippen molar-refractivity contribution in [1.29, 1.82) is 0 Å². The van der Waals surface area contributed by atoms with Gasteiger partial charge in [0.2, 0.25) is 0 Å². The Morgan fingerprint density at radius 1 is 0.210 bits per heavy atom. The van der Waals surface area contributed by atoms with Crippen molar-refractivity contribution in [2.75, 3.05) is 0 Å². The quantitative estimate of drug-likeness (QED) is 0.128. The van der Waals surface area contributed by atoms with E-state index in [9.17, 15) is 20.4 Å². The second kappa shape index (κ2) is 27.1. The molecule has 488 valence electrons. The predicted molar refractivity (Wildman–Crippen MR) is 410 cm³/mol. The minimum absolute atomic E-state index is 0.440. The van der Waals surface area contributed by atoms with Gasteiger partial charge in [-0.3, -0.25) is 0 Å². The molecule has 4 aromatic heterocycles. The number of hydrogen-bond acceptors (Lipinski definition) is 8. The van der Waals surface area contributed by atoms with Gasteiger partial charge in [-0.25, -0.2) is 19.9 Å². The van der Waals surface area contributed by atoms with E-state index >= 15 is 0 Å². The first kappa shape index (κ1) is 62.7. The van der Waals surface area contributed by atoms with E-state index < -0.39 is 24.4 Å². The zero-order chi connectivity index (χ0) is 67.2. The molecule has 4 N–H and O–H groups in total. The van der Waals surface area contributed by atoms with Crippen molar-refractivity contribution in [2.45, 2.75) is 101 Å². The van der Waals surface area contributed by atoms with E-state index in [0.29, 0.717) is 0 Å². The second-order valence-corrected chi connectivity index (χ2v) is 27.4. The Morgan fingerprint density at radius 3 is 0.560 bits per heavy atom. The van der Waals surface area contributed by atoms with Crippen molar-refractivity contribution in [3.05, 3.63) is 312 Å². The summed E-state index contributed by atoms with van der Waals surface area (Å²) in [5.74, 6) is 0. The highest BCUT2D eigenvalue weighted by atomic mass is 16.3. The summed E-state index contributed by atoms with van der Waals surface area (Å²) in [6.07, 6.45) is 9.64. The van der Waals surface area contributed by atoms with Crippen LogP contribution in [0.2, 0.25) is 0 Å². The van der Waals surface area contributed by atoms with Crippen LogP contribution >= 0.6 is 0 Å². The van der Waals surface area contributed by atoms with Crippen molar-refractivity contribution in [3.63, 3.8) is 0 Å². The SMILES string of the molecule is O[C@@H]1CCCc2ccc(-c3c4ccccc4cc4ccccc34)nc21.O[C@@H]1CCCc2ccc(-c3c4ccccc4cc4ccccc34)nc21.O[C@@H]1CCCc2ccc(-c3c4ccccc4cc4ccccc34)nc21.O[C@@H]1CCCc2ccc(-c3c4ccccc4cc4ccccc34)nc21. The number of hydrogen-bond donors (Lipinski definition) is 4. The van der Waals surface area contributed by atoms with E-state index in [0.717, 1.165) is 145 Å². The second-order valence-electron chi connectivity index (χ2n) is 27.4. The molecular weight excluding hydrogens is 1230 g/mol. The molecule has 0 saturated heterocycles. The van der Waals surface area contributed by atoms with Crippen molar-refractivity contribution >= 4 is 86.2 Å². The summed E-state index contributed by atoms with van der Waals surface area (Å²) in [5.41, 5.74) is 16.6. The molecule has 0 amide bonds. The van der Waals surface area contributed by atoms with Crippen molar-refractivity contribution in [1.82, 2.24) is 19.9 Å². The Balaban J connectivity index is 0.0000000997. The Bertz CT molecular complexity index is 4900. The van der Waals surface area contributed by atoms with Crippen LogP contribution in [0, 0.1) is 0 Å². The Hall–Kier alpha value is -10.8. The highest BCUT2D eigenvalue weighted by Gasteiger charge is 2.26. The Morgan fingerprint density at radius 2 is 0.380 bits per heavy atom. The molecule has 0 aliphatic heterocycles. The number of aliphatic hydroxyl groups excluding tert-OH is 4. The van der Waals surface area contributed by atoms with Gasteiger partial charge in [-0.15, -0.1) is 0 Å². The van der Waals surface area contributed by atoms with Crippen LogP contribution in [0.15, 0.2) is 267 Å². The van der Waals surface area contributed by atoms with Crippen LogP contribution in [0.1, 0.15) is 121 Å². The maximum atomic E-state index is 10.4. The van der Waals surface area contributed by atoms with E-state index in [1.807, 2.05) is 0 Å². The fourth-order valence-electron chi connectivity index (χ4n) is 16.2. The topological polar surface area (TPSA) is 132 Å². The molecular formula is C92H76N4O4. The first-order chi connectivity index (χ1) is 49.2. The number of fused-ring (bicyclic) bond motifs is 12. The van der Waals surface area contributed by atoms with E-state index in [1.165, 1.54) is 108 Å². The number of benzene rings is 12. The van der Waals surface area contributed by atoms with Gasteiger partial charge < -0.3 is 20.4 Å². The molecule has 0 spiro atoms. The van der Waals surface area contributed by atoms with E-state index in [1.54, 1.807) is 0 Å². The molecule has 4 atom stereocenters. The summed E-state index contributed by atoms with van der Waals surface area (Å²) in [6.45, 7) is 0. The monoisotopic (exact) mass is 1300 g/mol. The molecule has 0 radical (unpaired) electrons. The number of aliphatic hydroxyl groups is 4. The summed E-state index contributed by atoms with van der Waals surface area (Å²) in [5, 5.41) is 61.0. The minimum Gasteiger partial charge on any atom is -0.387 e. The minimum atomic E-state index is -0.440. The van der Waals surface area contributed by atoms with Crippen molar-refractivity contribution in [2.24, 2.45) is 0 Å². The third-order valence-electron chi connectivity index (χ3n) is 21.1. The van der Waals surface area contributed by atoms with Crippen LogP contribution in [0.5, 0.6) is 0 Å². The average Bonchev–Trinajstić information content (AvgIpc) is 0.774. The molecule has 0 saturated carbocycles. The normalized spacial score (nSPS) is 16.9. The molecule has 12 aromatic carbocycles. The summed E-state index contributed by atoms with van der Waals surface area (Å²) in [7, 11) is 0. The number of rotatable bonds is 4. The maximum absolute atomic E-state index is 10.4. The van der Waals surface area contributed by atoms with Crippen LogP contribution in [0.3, 0.4) is 0 Å². The van der Waals surface area contributed by atoms with Crippen molar-refractivity contribution < 1.29 is 20.4 Å². The Labute approximate surface area is 581 Å². The standard InChI is InChI=1S/4C23H19NO/c4*25-21-11-5-8-15-12-13-20(24-23(15)21)22-18-9-3-1-6-16(18)14-17-7-2-4-10-19(17)22/h4*1-4,6-7,9-10,12-14,21,25H,5,8,11H2/t4*21-/m1111/s1. The third-order valence-corrected chi connectivity index (χ3v) is 21.1. The fourth-order valence-corrected chi connectivity index (χ4v) is 16.2. The molecule has 100 heavy (non-hydrogen) atoms. The number of aryl methyl sites for hydroxylation is 4. The summed E-state index contributed by atoms with van der Waals surface area (Å²) in [6, 6.07) is 93.7. The van der Waals surface area contributed by atoms with E-state index in [-0.39, 0.29) is 0 Å². The van der Waals surface area contributed by atoms with Gasteiger partial charge in [0, 0.05) is 22.3 Å². The number of nitrogens with zero attached hydrogens (tertiary/aromatic N) is 4. The Kier molecular flexibility index (Phi) is 17.0. The van der Waals surface area contributed by atoms with Crippen LogP contribution < -0.4 is 0 Å². The molecule has 0 fully saturated rings. The molecule has 16 aromatic rings. The lowest BCUT2D eigenvalue weighted by Crippen LogP contribution is -2.11. The highest BCUT2D eigenvalue weighted by Crippen LogP contribution is 2.43. The largest absolute Gasteiger partial charge is 0.387 e. The van der Waals surface area contributed by atoms with Crippen LogP contribution in [-0.2, 0) is 25.7 Å². The summed E-state index contributed by atoms with van der Waals surface area (Å²) < 4.78 is 0. The highest BCUT2D eigenvalue weighted by molar-refractivity contribution is 6.15. The predicted octanol–water partition coefficient (Wildman–Crippen LogP) is 21.7. The molecule has 8 nitrogen and oxygen atoms in total. The number of pyridine rings is 4. The van der Waals surface area contributed by atoms with Crippen LogP contribution in [0.25, 0.3) is 131 Å². The van der Waals surface area contributed by atoms with Gasteiger partial charge in [-0.1, -0.05) is 218 Å². The molecule has 0 bridgehead atoms. The van der Waals surface area contributed by atoms with Crippen LogP contribution in [0.4, 0.5) is 0 Å². The van der Waals surface area contributed by atoms with E-state index in [2.05, 4.69) is 267 Å². The lowest BCUT2D eigenvalue weighted by Gasteiger charge is -2.21. The first-order valence-corrected chi connectivity index (χ1v) is 35.6. The molecule has 20 rings (SSSR count). The smallest absolute Gasteiger partial charge is 0.0962 e. The third kappa shape index (κ3) is 11.9. The summed E-state index contributed by atoms with van der Waals surface area (Å²) in [4.78, 5) is 19.7. The van der Waals surface area contributed by atoms with E-state index in [4.69, 9.17) is 19.9 Å². The maximum Gasteiger partial charge on any atom is 0.0962 e. The van der Waals surface area contributed by atoms with Gasteiger partial charge in [0.25, 0.3) is 0 Å². The molecule has 4 heterocycles. The first-order valence-electron chi connectivity index (χ1n) is 35.6. The zero-order valence-corrected chi connectivity index (χ0v) is 55.8. The van der Waals surface area contributed by atoms with Gasteiger partial charge in [0.05, 0.1) is 70.0 Å². The van der Waals surface area contributed by atoms with Crippen LogP contribution in [-0.4, -0.2) is 40.4 Å². The van der Waals surface area contributed by atoms with Gasteiger partial charge in [0.1, 0.15) is 0 Å². The molecule has 4 aliphatic rings. The van der Waals surface area contributed by atoms with Gasteiger partial charge in [-0.2, -0.15) is 0 Å². The molecule has 4 aliphatic carbocycles. The molecule has 0 unspecified atom stereocenters. The van der Waals surface area contributed by atoms with Crippen molar-refractivity contribution in [3.8, 4) is 45.0 Å².